The van der Waals surface area contributed by atoms with Crippen molar-refractivity contribution in [3.63, 3.8) is 0 Å². The van der Waals surface area contributed by atoms with E-state index in [0.717, 1.165) is 18.3 Å². The number of rotatable bonds is 3. The lowest BCUT2D eigenvalue weighted by Crippen LogP contribution is -1.95. The predicted molar refractivity (Wildman–Crippen MR) is 53.1 cm³/mol. The van der Waals surface area contributed by atoms with E-state index in [0.29, 0.717) is 0 Å². The number of hydrogen-bond acceptors (Lipinski definition) is 6. The van der Waals surface area contributed by atoms with Crippen LogP contribution >= 0.6 is 0 Å². The van der Waals surface area contributed by atoms with Gasteiger partial charge in [-0.1, -0.05) is 0 Å². The Morgan fingerprint density at radius 2 is 2.33 bits per heavy atom. The minimum absolute atomic E-state index is 0.000833. The Kier molecular flexibility index (Phi) is 3.06. The standard InChI is InChI=1S/C8H9N3O4/c1-15-7-3-6(11(13)14)2-5(4-10-9)8(7)12/h2-4,12H,9H2,1H3/b10-4-. The third-order valence-electron chi connectivity index (χ3n) is 1.73. The molecule has 1 aromatic carbocycles. The molecule has 0 aliphatic carbocycles. The molecule has 3 N–H and O–H groups in total. The summed E-state index contributed by atoms with van der Waals surface area (Å²) in [6.07, 6.45) is 1.10. The maximum atomic E-state index is 10.5. The van der Waals surface area contributed by atoms with Gasteiger partial charge < -0.3 is 15.7 Å². The number of aromatic hydroxyl groups is 1. The van der Waals surface area contributed by atoms with Gasteiger partial charge in [0.25, 0.3) is 5.69 Å². The third-order valence-corrected chi connectivity index (χ3v) is 1.73. The summed E-state index contributed by atoms with van der Waals surface area (Å²) in [6.45, 7) is 0. The van der Waals surface area contributed by atoms with Gasteiger partial charge >= 0.3 is 0 Å². The number of non-ortho nitro benzene ring substituents is 1. The van der Waals surface area contributed by atoms with Crippen LogP contribution in [0.15, 0.2) is 17.2 Å². The van der Waals surface area contributed by atoms with Crippen molar-refractivity contribution in [2.24, 2.45) is 10.9 Å². The van der Waals surface area contributed by atoms with Gasteiger partial charge in [0.15, 0.2) is 11.5 Å². The number of hydrogen-bond donors (Lipinski definition) is 2. The smallest absolute Gasteiger partial charge is 0.274 e. The van der Waals surface area contributed by atoms with Gasteiger partial charge in [-0.25, -0.2) is 0 Å². The fourth-order valence-electron chi connectivity index (χ4n) is 1.05. The highest BCUT2D eigenvalue weighted by atomic mass is 16.6. The maximum absolute atomic E-state index is 10.5. The Morgan fingerprint density at radius 3 is 2.80 bits per heavy atom. The average Bonchev–Trinajstić information content (AvgIpc) is 2.21. The van der Waals surface area contributed by atoms with Crippen molar-refractivity contribution in [3.05, 3.63) is 27.8 Å². The highest BCUT2D eigenvalue weighted by Gasteiger charge is 2.15. The minimum Gasteiger partial charge on any atom is -0.504 e. The molecule has 7 nitrogen and oxygen atoms in total. The van der Waals surface area contributed by atoms with Crippen molar-refractivity contribution in [3.8, 4) is 11.5 Å². The van der Waals surface area contributed by atoms with E-state index in [1.54, 1.807) is 0 Å². The van der Waals surface area contributed by atoms with E-state index in [-0.39, 0.29) is 22.7 Å². The fourth-order valence-corrected chi connectivity index (χ4v) is 1.05. The summed E-state index contributed by atoms with van der Waals surface area (Å²) >= 11 is 0. The minimum atomic E-state index is -0.601. The number of phenols is 1. The fraction of sp³-hybridized carbons (Fsp3) is 0.125. The van der Waals surface area contributed by atoms with Crippen LogP contribution in [0.3, 0.4) is 0 Å². The normalized spacial score (nSPS) is 10.5. The Balaban J connectivity index is 3.37. The van der Waals surface area contributed by atoms with Gasteiger partial charge in [-0.05, 0) is 0 Å². The number of nitrogens with two attached hydrogens (primary N) is 1. The molecule has 0 aromatic heterocycles. The lowest BCUT2D eigenvalue weighted by atomic mass is 10.2. The molecule has 0 fully saturated rings. The zero-order valence-electron chi connectivity index (χ0n) is 7.88. The first kappa shape index (κ1) is 10.8. The molecule has 0 spiro atoms. The predicted octanol–water partition coefficient (Wildman–Crippen LogP) is 0.602. The molecule has 0 saturated carbocycles. The lowest BCUT2D eigenvalue weighted by molar-refractivity contribution is -0.385. The molecule has 0 atom stereocenters. The summed E-state index contributed by atoms with van der Waals surface area (Å²) in [7, 11) is 1.29. The quantitative estimate of drug-likeness (QED) is 0.329. The molecule has 1 aromatic rings. The molecule has 0 radical (unpaired) electrons. The molecule has 0 aliphatic rings. The largest absolute Gasteiger partial charge is 0.504 e. The molecule has 0 unspecified atom stereocenters. The number of methoxy groups -OCH3 is 1. The maximum Gasteiger partial charge on any atom is 0.274 e. The molecule has 0 saturated heterocycles. The molecule has 0 bridgehead atoms. The van der Waals surface area contributed by atoms with Gasteiger partial charge in [0.2, 0.25) is 0 Å². The van der Waals surface area contributed by atoms with Gasteiger partial charge in [-0.2, -0.15) is 5.10 Å². The summed E-state index contributed by atoms with van der Waals surface area (Å²) in [4.78, 5) is 9.93. The monoisotopic (exact) mass is 211 g/mol. The molecule has 80 valence electrons. The van der Waals surface area contributed by atoms with Crippen molar-refractivity contribution in [1.82, 2.24) is 0 Å². The van der Waals surface area contributed by atoms with Gasteiger partial charge in [0.05, 0.1) is 24.3 Å². The molecule has 0 aliphatic heterocycles. The number of nitrogens with zero attached hydrogens (tertiary/aromatic N) is 2. The summed E-state index contributed by atoms with van der Waals surface area (Å²) < 4.78 is 4.77. The molecular formula is C8H9N3O4. The molecule has 15 heavy (non-hydrogen) atoms. The summed E-state index contributed by atoms with van der Waals surface area (Å²) in [6, 6.07) is 2.26. The van der Waals surface area contributed by atoms with E-state index in [2.05, 4.69) is 5.10 Å². The Morgan fingerprint density at radius 1 is 1.67 bits per heavy atom. The lowest BCUT2D eigenvalue weighted by Gasteiger charge is -2.05. The number of hydrazone groups is 1. The Hall–Kier alpha value is -2.31. The van der Waals surface area contributed by atoms with Crippen LogP contribution in [0.5, 0.6) is 11.5 Å². The second-order valence-corrected chi connectivity index (χ2v) is 2.62. The Bertz CT molecular complexity index is 417. The van der Waals surface area contributed by atoms with Crippen molar-refractivity contribution >= 4 is 11.9 Å². The zero-order valence-corrected chi connectivity index (χ0v) is 7.88. The first-order valence-electron chi connectivity index (χ1n) is 3.88. The van der Waals surface area contributed by atoms with Crippen LogP contribution in [-0.4, -0.2) is 23.4 Å². The van der Waals surface area contributed by atoms with E-state index < -0.39 is 4.92 Å². The molecule has 0 heterocycles. The van der Waals surface area contributed by atoms with Crippen LogP contribution in [0, 0.1) is 10.1 Å². The second kappa shape index (κ2) is 4.27. The highest BCUT2D eigenvalue weighted by Crippen LogP contribution is 2.33. The van der Waals surface area contributed by atoms with Crippen molar-refractivity contribution in [2.75, 3.05) is 7.11 Å². The van der Waals surface area contributed by atoms with Crippen molar-refractivity contribution in [1.29, 1.82) is 0 Å². The molecule has 0 amide bonds. The van der Waals surface area contributed by atoms with E-state index in [9.17, 15) is 15.2 Å². The second-order valence-electron chi connectivity index (χ2n) is 2.62. The summed E-state index contributed by atoms with van der Waals surface area (Å²) in [5.41, 5.74) is -0.0805. The van der Waals surface area contributed by atoms with Crippen LogP contribution in [0.2, 0.25) is 0 Å². The third kappa shape index (κ3) is 2.13. The van der Waals surface area contributed by atoms with Gasteiger partial charge in [0.1, 0.15) is 0 Å². The SMILES string of the molecule is COc1cc([N+](=O)[O-])cc(/C=N\N)c1O. The molecule has 1 rings (SSSR count). The van der Waals surface area contributed by atoms with Gasteiger partial charge in [-0.3, -0.25) is 10.1 Å². The average molecular weight is 211 g/mol. The number of benzene rings is 1. The first-order valence-corrected chi connectivity index (χ1v) is 3.88. The molecular weight excluding hydrogens is 202 g/mol. The van der Waals surface area contributed by atoms with Crippen LogP contribution < -0.4 is 10.6 Å². The number of nitro groups is 1. The topological polar surface area (TPSA) is 111 Å². The summed E-state index contributed by atoms with van der Waals surface area (Å²) in [5, 5.41) is 23.2. The van der Waals surface area contributed by atoms with Crippen LogP contribution in [0.4, 0.5) is 5.69 Å². The first-order chi connectivity index (χ1) is 7.10. The zero-order chi connectivity index (χ0) is 11.4. The van der Waals surface area contributed by atoms with Crippen LogP contribution in [0.25, 0.3) is 0 Å². The van der Waals surface area contributed by atoms with E-state index in [1.807, 2.05) is 0 Å². The number of nitro benzene ring substituents is 1. The van der Waals surface area contributed by atoms with E-state index in [1.165, 1.54) is 7.11 Å². The van der Waals surface area contributed by atoms with Crippen LogP contribution in [0.1, 0.15) is 5.56 Å². The van der Waals surface area contributed by atoms with Gasteiger partial charge in [-0.15, -0.1) is 0 Å². The van der Waals surface area contributed by atoms with E-state index >= 15 is 0 Å². The molecule has 7 heteroatoms. The van der Waals surface area contributed by atoms with Crippen molar-refractivity contribution < 1.29 is 14.8 Å². The number of phenolic OH excluding ortho intramolecular Hbond substituents is 1. The van der Waals surface area contributed by atoms with Crippen LogP contribution in [-0.2, 0) is 0 Å². The highest BCUT2D eigenvalue weighted by molar-refractivity contribution is 5.86. The number of ether oxygens (including phenoxy) is 1. The van der Waals surface area contributed by atoms with Gasteiger partial charge in [0, 0.05) is 11.6 Å². The van der Waals surface area contributed by atoms with Crippen molar-refractivity contribution in [2.45, 2.75) is 0 Å². The van der Waals surface area contributed by atoms with E-state index in [4.69, 9.17) is 10.6 Å². The summed E-state index contributed by atoms with van der Waals surface area (Å²) in [5.74, 6) is 4.66. The Labute approximate surface area is 84.9 Å².